The van der Waals surface area contributed by atoms with Crippen LogP contribution in [0.1, 0.15) is 12.8 Å². The van der Waals surface area contributed by atoms with Crippen molar-refractivity contribution in [2.75, 3.05) is 6.61 Å². The van der Waals surface area contributed by atoms with E-state index in [0.29, 0.717) is 11.0 Å². The maximum absolute atomic E-state index is 5.79. The van der Waals surface area contributed by atoms with E-state index < -0.39 is 0 Å². The standard InChI is InChI=1S/C9H9ClINO/c10-8-3-7(11)4-9(12-8)13-5-6-1-2-6/h3-4,6H,1-2,5H2. The number of halogens is 2. The zero-order valence-electron chi connectivity index (χ0n) is 6.96. The van der Waals surface area contributed by atoms with Crippen molar-refractivity contribution in [2.24, 2.45) is 5.92 Å². The summed E-state index contributed by atoms with van der Waals surface area (Å²) in [4.78, 5) is 4.07. The second-order valence-corrected chi connectivity index (χ2v) is 4.83. The van der Waals surface area contributed by atoms with Crippen LogP contribution in [0.2, 0.25) is 5.15 Å². The Balaban J connectivity index is 2.01. The Morgan fingerprint density at radius 1 is 1.54 bits per heavy atom. The van der Waals surface area contributed by atoms with Crippen LogP contribution in [0.4, 0.5) is 0 Å². The van der Waals surface area contributed by atoms with Crippen molar-refractivity contribution in [3.05, 3.63) is 20.9 Å². The number of aromatic nitrogens is 1. The molecule has 70 valence electrons. The van der Waals surface area contributed by atoms with Crippen LogP contribution < -0.4 is 4.74 Å². The van der Waals surface area contributed by atoms with Crippen LogP contribution in [-0.4, -0.2) is 11.6 Å². The van der Waals surface area contributed by atoms with Crippen molar-refractivity contribution in [1.82, 2.24) is 4.98 Å². The van der Waals surface area contributed by atoms with Gasteiger partial charge < -0.3 is 4.74 Å². The number of ether oxygens (including phenoxy) is 1. The van der Waals surface area contributed by atoms with Crippen molar-refractivity contribution < 1.29 is 4.74 Å². The minimum Gasteiger partial charge on any atom is -0.477 e. The molecule has 0 spiro atoms. The van der Waals surface area contributed by atoms with Crippen molar-refractivity contribution in [1.29, 1.82) is 0 Å². The van der Waals surface area contributed by atoms with Gasteiger partial charge in [-0.3, -0.25) is 0 Å². The van der Waals surface area contributed by atoms with Gasteiger partial charge in [0.1, 0.15) is 5.15 Å². The molecule has 1 aromatic heterocycles. The number of pyridine rings is 1. The predicted octanol–water partition coefficient (Wildman–Crippen LogP) is 3.13. The summed E-state index contributed by atoms with van der Waals surface area (Å²) in [7, 11) is 0. The fourth-order valence-electron chi connectivity index (χ4n) is 1.00. The third kappa shape index (κ3) is 2.98. The number of rotatable bonds is 3. The van der Waals surface area contributed by atoms with Gasteiger partial charge in [-0.2, -0.15) is 0 Å². The highest BCUT2D eigenvalue weighted by molar-refractivity contribution is 14.1. The molecule has 1 fully saturated rings. The first-order valence-electron chi connectivity index (χ1n) is 4.20. The molecule has 1 saturated carbocycles. The van der Waals surface area contributed by atoms with Crippen LogP contribution in [0.25, 0.3) is 0 Å². The Labute approximate surface area is 95.8 Å². The molecule has 1 heterocycles. The second-order valence-electron chi connectivity index (χ2n) is 3.20. The van der Waals surface area contributed by atoms with Gasteiger partial charge in [-0.15, -0.1) is 0 Å². The Bertz CT molecular complexity index is 294. The van der Waals surface area contributed by atoms with Gasteiger partial charge in [-0.25, -0.2) is 4.98 Å². The highest BCUT2D eigenvalue weighted by atomic mass is 127. The quantitative estimate of drug-likeness (QED) is 0.632. The van der Waals surface area contributed by atoms with E-state index in [-0.39, 0.29) is 0 Å². The van der Waals surface area contributed by atoms with Gasteiger partial charge in [0.15, 0.2) is 0 Å². The van der Waals surface area contributed by atoms with Gasteiger partial charge in [0, 0.05) is 9.64 Å². The SMILES string of the molecule is Clc1cc(I)cc(OCC2CC2)n1. The molecule has 2 rings (SSSR count). The lowest BCUT2D eigenvalue weighted by molar-refractivity contribution is 0.288. The van der Waals surface area contributed by atoms with E-state index in [0.717, 1.165) is 16.1 Å². The monoisotopic (exact) mass is 309 g/mol. The highest BCUT2D eigenvalue weighted by Crippen LogP contribution is 2.29. The fourth-order valence-corrected chi connectivity index (χ4v) is 1.95. The third-order valence-corrected chi connectivity index (χ3v) is 2.72. The smallest absolute Gasteiger partial charge is 0.215 e. The second kappa shape index (κ2) is 4.00. The molecule has 0 amide bonds. The topological polar surface area (TPSA) is 22.1 Å². The maximum Gasteiger partial charge on any atom is 0.215 e. The number of hydrogen-bond acceptors (Lipinski definition) is 2. The van der Waals surface area contributed by atoms with Crippen molar-refractivity contribution in [3.8, 4) is 5.88 Å². The van der Waals surface area contributed by atoms with Gasteiger partial charge in [0.05, 0.1) is 6.61 Å². The molecule has 0 aliphatic heterocycles. The van der Waals surface area contributed by atoms with E-state index >= 15 is 0 Å². The molecule has 0 atom stereocenters. The zero-order chi connectivity index (χ0) is 9.26. The summed E-state index contributed by atoms with van der Waals surface area (Å²) < 4.78 is 6.55. The summed E-state index contributed by atoms with van der Waals surface area (Å²) in [6.45, 7) is 0.781. The van der Waals surface area contributed by atoms with Gasteiger partial charge in [0.25, 0.3) is 0 Å². The van der Waals surface area contributed by atoms with Gasteiger partial charge in [0.2, 0.25) is 5.88 Å². The summed E-state index contributed by atoms with van der Waals surface area (Å²) in [6.07, 6.45) is 2.58. The molecule has 0 bridgehead atoms. The van der Waals surface area contributed by atoms with E-state index in [1.165, 1.54) is 12.8 Å². The summed E-state index contributed by atoms with van der Waals surface area (Å²) in [6, 6.07) is 3.71. The Morgan fingerprint density at radius 2 is 2.31 bits per heavy atom. The minimum absolute atomic E-state index is 0.498. The summed E-state index contributed by atoms with van der Waals surface area (Å²) >= 11 is 7.98. The molecule has 2 nitrogen and oxygen atoms in total. The molecule has 4 heteroatoms. The molecule has 0 saturated heterocycles. The first-order chi connectivity index (χ1) is 6.24. The molecule has 1 aliphatic carbocycles. The molecular formula is C9H9ClINO. The van der Waals surface area contributed by atoms with E-state index in [2.05, 4.69) is 27.6 Å². The van der Waals surface area contributed by atoms with Crippen LogP contribution in [0.15, 0.2) is 12.1 Å². The Kier molecular flexibility index (Phi) is 2.93. The van der Waals surface area contributed by atoms with E-state index in [1.54, 1.807) is 0 Å². The Morgan fingerprint density at radius 3 is 2.92 bits per heavy atom. The number of hydrogen-bond donors (Lipinski definition) is 0. The molecule has 0 N–H and O–H groups in total. The molecule has 1 aliphatic rings. The summed E-state index contributed by atoms with van der Waals surface area (Å²) in [5, 5.41) is 0.498. The van der Waals surface area contributed by atoms with E-state index in [4.69, 9.17) is 16.3 Å². The molecule has 1 aromatic rings. The van der Waals surface area contributed by atoms with Crippen LogP contribution in [-0.2, 0) is 0 Å². The lowest BCUT2D eigenvalue weighted by atomic mass is 10.4. The van der Waals surface area contributed by atoms with Crippen LogP contribution in [0.3, 0.4) is 0 Å². The fraction of sp³-hybridized carbons (Fsp3) is 0.444. The molecule has 0 unspecified atom stereocenters. The van der Waals surface area contributed by atoms with Crippen LogP contribution >= 0.6 is 34.2 Å². The summed E-state index contributed by atoms with van der Waals surface area (Å²) in [5.41, 5.74) is 0. The van der Waals surface area contributed by atoms with Gasteiger partial charge in [-0.1, -0.05) is 11.6 Å². The van der Waals surface area contributed by atoms with Crippen molar-refractivity contribution in [2.45, 2.75) is 12.8 Å². The largest absolute Gasteiger partial charge is 0.477 e. The number of nitrogens with zero attached hydrogens (tertiary/aromatic N) is 1. The minimum atomic E-state index is 0.498. The average molecular weight is 310 g/mol. The third-order valence-electron chi connectivity index (χ3n) is 1.90. The van der Waals surface area contributed by atoms with Crippen molar-refractivity contribution >= 4 is 34.2 Å². The zero-order valence-corrected chi connectivity index (χ0v) is 9.88. The summed E-state index contributed by atoms with van der Waals surface area (Å²) in [5.74, 6) is 1.39. The van der Waals surface area contributed by atoms with Gasteiger partial charge in [-0.05, 0) is 47.4 Å². The average Bonchev–Trinajstić information content (AvgIpc) is 2.81. The van der Waals surface area contributed by atoms with E-state index in [1.807, 2.05) is 12.1 Å². The Hall–Kier alpha value is -0.0300. The first-order valence-corrected chi connectivity index (χ1v) is 5.65. The lowest BCUT2D eigenvalue weighted by Gasteiger charge is -2.04. The van der Waals surface area contributed by atoms with E-state index in [9.17, 15) is 0 Å². The lowest BCUT2D eigenvalue weighted by Crippen LogP contribution is -2.00. The maximum atomic E-state index is 5.79. The highest BCUT2D eigenvalue weighted by Gasteiger charge is 2.22. The van der Waals surface area contributed by atoms with Crippen LogP contribution in [0.5, 0.6) is 5.88 Å². The normalized spacial score (nSPS) is 15.8. The molecule has 0 aromatic carbocycles. The molecule has 0 radical (unpaired) electrons. The predicted molar refractivity (Wildman–Crippen MR) is 60.2 cm³/mol. The molecule has 13 heavy (non-hydrogen) atoms. The van der Waals surface area contributed by atoms with Crippen molar-refractivity contribution in [3.63, 3.8) is 0 Å². The van der Waals surface area contributed by atoms with Gasteiger partial charge >= 0.3 is 0 Å². The first kappa shape index (κ1) is 9.52. The van der Waals surface area contributed by atoms with Crippen LogP contribution in [0, 0.1) is 9.49 Å². The molecular weight excluding hydrogens is 300 g/mol.